The first kappa shape index (κ1) is 18.1. The second-order valence-corrected chi connectivity index (χ2v) is 6.70. The van der Waals surface area contributed by atoms with Gasteiger partial charge in [-0.25, -0.2) is 4.39 Å². The summed E-state index contributed by atoms with van der Waals surface area (Å²) < 4.78 is 13.0. The Morgan fingerprint density at radius 2 is 1.77 bits per heavy atom. The number of ketones is 1. The molecular formula is C20H22FN3O2. The summed E-state index contributed by atoms with van der Waals surface area (Å²) in [5, 5.41) is 2.73. The Bertz CT molecular complexity index is 812. The number of nitrogen functional groups attached to an aromatic ring is 1. The molecule has 1 fully saturated rings. The van der Waals surface area contributed by atoms with Crippen molar-refractivity contribution in [3.63, 3.8) is 0 Å². The molecule has 26 heavy (non-hydrogen) atoms. The zero-order valence-corrected chi connectivity index (χ0v) is 14.7. The molecule has 2 aromatic rings. The number of carbonyl (C=O) groups is 2. The number of piperidine rings is 1. The molecule has 1 aliphatic rings. The molecule has 0 atom stereocenters. The van der Waals surface area contributed by atoms with E-state index in [1.54, 1.807) is 18.2 Å². The zero-order chi connectivity index (χ0) is 18.7. The van der Waals surface area contributed by atoms with Crippen molar-refractivity contribution in [2.24, 2.45) is 5.92 Å². The predicted octanol–water partition coefficient (Wildman–Crippen LogP) is 3.18. The summed E-state index contributed by atoms with van der Waals surface area (Å²) in [5.41, 5.74) is 7.68. The molecule has 3 N–H and O–H groups in total. The maximum Gasteiger partial charge on any atom is 0.255 e. The number of amides is 1. The molecule has 5 nitrogen and oxygen atoms in total. The average Bonchev–Trinajstić information content (AvgIpc) is 2.64. The van der Waals surface area contributed by atoms with Crippen molar-refractivity contribution < 1.29 is 14.0 Å². The fourth-order valence-electron chi connectivity index (χ4n) is 3.14. The minimum Gasteiger partial charge on any atom is -0.398 e. The van der Waals surface area contributed by atoms with Gasteiger partial charge >= 0.3 is 0 Å². The van der Waals surface area contributed by atoms with Gasteiger partial charge in [0, 0.05) is 28.4 Å². The number of anilines is 2. The first-order valence-electron chi connectivity index (χ1n) is 8.63. The summed E-state index contributed by atoms with van der Waals surface area (Å²) >= 11 is 0. The summed E-state index contributed by atoms with van der Waals surface area (Å²) in [7, 11) is 2.04. The van der Waals surface area contributed by atoms with Crippen molar-refractivity contribution in [2.75, 3.05) is 31.2 Å². The highest BCUT2D eigenvalue weighted by molar-refractivity contribution is 6.07. The monoisotopic (exact) mass is 355 g/mol. The van der Waals surface area contributed by atoms with Crippen molar-refractivity contribution in [2.45, 2.75) is 12.8 Å². The van der Waals surface area contributed by atoms with Crippen LogP contribution in [0.1, 0.15) is 33.6 Å². The summed E-state index contributed by atoms with van der Waals surface area (Å²) in [6, 6.07) is 10.2. The van der Waals surface area contributed by atoms with Crippen LogP contribution in [-0.2, 0) is 0 Å². The number of Topliss-reactive ketones (excluding diaryl/α,β-unsaturated/α-hetero) is 1. The third-order valence-corrected chi connectivity index (χ3v) is 4.77. The molecule has 1 heterocycles. The smallest absolute Gasteiger partial charge is 0.255 e. The fourth-order valence-corrected chi connectivity index (χ4v) is 3.14. The topological polar surface area (TPSA) is 75.4 Å². The summed E-state index contributed by atoms with van der Waals surface area (Å²) in [4.78, 5) is 27.3. The van der Waals surface area contributed by atoms with Gasteiger partial charge in [-0.2, -0.15) is 0 Å². The Morgan fingerprint density at radius 3 is 2.42 bits per heavy atom. The highest BCUT2D eigenvalue weighted by Crippen LogP contribution is 2.26. The normalized spacial score (nSPS) is 15.6. The van der Waals surface area contributed by atoms with Gasteiger partial charge in [-0.3, -0.25) is 9.59 Å². The standard InChI is InChI=1S/C20H22FN3O2/c1-24-10-8-13(9-11-24)19(25)17-12-16(6-7-18(17)22)23-20(26)14-2-4-15(21)5-3-14/h2-7,12-13H,8-11,22H2,1H3,(H,23,26). The molecule has 1 aliphatic heterocycles. The number of carbonyl (C=O) groups excluding carboxylic acids is 2. The van der Waals surface area contributed by atoms with Crippen molar-refractivity contribution in [1.29, 1.82) is 0 Å². The molecule has 0 bridgehead atoms. The number of benzene rings is 2. The number of nitrogens with two attached hydrogens (primary N) is 1. The van der Waals surface area contributed by atoms with Gasteiger partial charge in [0.1, 0.15) is 5.82 Å². The van der Waals surface area contributed by atoms with Crippen molar-refractivity contribution in [3.8, 4) is 0 Å². The molecule has 0 unspecified atom stereocenters. The van der Waals surface area contributed by atoms with E-state index in [0.29, 0.717) is 22.5 Å². The van der Waals surface area contributed by atoms with Gasteiger partial charge in [0.15, 0.2) is 5.78 Å². The molecule has 3 rings (SSSR count). The van der Waals surface area contributed by atoms with Crippen LogP contribution >= 0.6 is 0 Å². The Morgan fingerprint density at radius 1 is 1.12 bits per heavy atom. The lowest BCUT2D eigenvalue weighted by Gasteiger charge is -2.28. The number of likely N-dealkylation sites (tertiary alicyclic amines) is 1. The van der Waals surface area contributed by atoms with E-state index in [2.05, 4.69) is 10.2 Å². The summed E-state index contributed by atoms with van der Waals surface area (Å²) in [5.74, 6) is -0.794. The Hall–Kier alpha value is -2.73. The van der Waals surface area contributed by atoms with Crippen molar-refractivity contribution in [3.05, 3.63) is 59.4 Å². The number of nitrogens with zero attached hydrogens (tertiary/aromatic N) is 1. The van der Waals surface area contributed by atoms with Gasteiger partial charge in [-0.05, 0) is 75.4 Å². The number of hydrogen-bond donors (Lipinski definition) is 2. The largest absolute Gasteiger partial charge is 0.398 e. The van der Waals surface area contributed by atoms with Gasteiger partial charge in [-0.15, -0.1) is 0 Å². The first-order valence-corrected chi connectivity index (χ1v) is 8.63. The molecule has 0 saturated carbocycles. The van der Waals surface area contributed by atoms with E-state index < -0.39 is 5.82 Å². The number of rotatable bonds is 4. The van der Waals surface area contributed by atoms with Crippen molar-refractivity contribution in [1.82, 2.24) is 4.90 Å². The quantitative estimate of drug-likeness (QED) is 0.652. The van der Waals surface area contributed by atoms with E-state index in [1.807, 2.05) is 7.05 Å². The summed E-state index contributed by atoms with van der Waals surface area (Å²) in [6.07, 6.45) is 1.61. The molecule has 6 heteroatoms. The van der Waals surface area contributed by atoms with Gasteiger partial charge in [-0.1, -0.05) is 0 Å². The van der Waals surface area contributed by atoms with E-state index in [0.717, 1.165) is 25.9 Å². The molecule has 0 radical (unpaired) electrons. The SMILES string of the molecule is CN1CCC(C(=O)c2cc(NC(=O)c3ccc(F)cc3)ccc2N)CC1. The van der Waals surface area contributed by atoms with Gasteiger partial charge < -0.3 is 16.0 Å². The average molecular weight is 355 g/mol. The molecular weight excluding hydrogens is 333 g/mol. The third kappa shape index (κ3) is 4.08. The highest BCUT2D eigenvalue weighted by atomic mass is 19.1. The van der Waals surface area contributed by atoms with Crippen LogP contribution in [0.4, 0.5) is 15.8 Å². The van der Waals surface area contributed by atoms with E-state index in [-0.39, 0.29) is 17.6 Å². The van der Waals surface area contributed by atoms with E-state index in [9.17, 15) is 14.0 Å². The fraction of sp³-hybridized carbons (Fsp3) is 0.300. The maximum atomic E-state index is 13.0. The second-order valence-electron chi connectivity index (χ2n) is 6.70. The van der Waals surface area contributed by atoms with E-state index in [1.165, 1.54) is 24.3 Å². The van der Waals surface area contributed by atoms with Crippen molar-refractivity contribution >= 4 is 23.1 Å². The van der Waals surface area contributed by atoms with Crippen LogP contribution in [0.3, 0.4) is 0 Å². The van der Waals surface area contributed by atoms with Gasteiger partial charge in [0.25, 0.3) is 5.91 Å². The zero-order valence-electron chi connectivity index (χ0n) is 14.7. The Kier molecular flexibility index (Phi) is 5.32. The predicted molar refractivity (Wildman–Crippen MR) is 99.8 cm³/mol. The van der Waals surface area contributed by atoms with Crippen LogP contribution in [-0.4, -0.2) is 36.7 Å². The molecule has 136 valence electrons. The number of hydrogen-bond acceptors (Lipinski definition) is 4. The van der Waals surface area contributed by atoms with E-state index >= 15 is 0 Å². The maximum absolute atomic E-state index is 13.0. The molecule has 1 saturated heterocycles. The molecule has 2 aromatic carbocycles. The number of nitrogens with one attached hydrogen (secondary N) is 1. The van der Waals surface area contributed by atoms with Gasteiger partial charge in [0.05, 0.1) is 0 Å². The third-order valence-electron chi connectivity index (χ3n) is 4.77. The molecule has 0 aromatic heterocycles. The van der Waals surface area contributed by atoms with Crippen LogP contribution in [0.25, 0.3) is 0 Å². The van der Waals surface area contributed by atoms with Crippen LogP contribution in [0.15, 0.2) is 42.5 Å². The number of halogens is 1. The van der Waals surface area contributed by atoms with Crippen LogP contribution in [0.5, 0.6) is 0 Å². The van der Waals surface area contributed by atoms with Crippen LogP contribution < -0.4 is 11.1 Å². The van der Waals surface area contributed by atoms with Gasteiger partial charge in [0.2, 0.25) is 0 Å². The Balaban J connectivity index is 1.75. The molecule has 0 spiro atoms. The second kappa shape index (κ2) is 7.66. The summed E-state index contributed by atoms with van der Waals surface area (Å²) in [6.45, 7) is 1.77. The lowest BCUT2D eigenvalue weighted by Crippen LogP contribution is -2.33. The highest BCUT2D eigenvalue weighted by Gasteiger charge is 2.26. The first-order chi connectivity index (χ1) is 12.4. The molecule has 0 aliphatic carbocycles. The van der Waals surface area contributed by atoms with Crippen LogP contribution in [0.2, 0.25) is 0 Å². The minimum absolute atomic E-state index is 0.0217. The lowest BCUT2D eigenvalue weighted by molar-refractivity contribution is 0.0857. The Labute approximate surface area is 152 Å². The minimum atomic E-state index is -0.403. The lowest BCUT2D eigenvalue weighted by atomic mass is 9.88. The van der Waals surface area contributed by atoms with Crippen LogP contribution in [0, 0.1) is 11.7 Å². The van der Waals surface area contributed by atoms with E-state index in [4.69, 9.17) is 5.73 Å². The molecule has 1 amide bonds.